The second kappa shape index (κ2) is 8.03. The summed E-state index contributed by atoms with van der Waals surface area (Å²) in [6.07, 6.45) is 1.75. The minimum atomic E-state index is -1.09. The SMILES string of the molecule is C[C@@H](C(=O)Nc1cccc(C(=O)O)c1)N1C(=O)/C(=C\c2cccs2)SC1=S. The van der Waals surface area contributed by atoms with Gasteiger partial charge in [0, 0.05) is 10.6 Å². The zero-order valence-electron chi connectivity index (χ0n) is 14.0. The Labute approximate surface area is 168 Å². The lowest BCUT2D eigenvalue weighted by atomic mass is 10.2. The molecule has 1 aliphatic heterocycles. The van der Waals surface area contributed by atoms with E-state index in [0.717, 1.165) is 16.6 Å². The van der Waals surface area contributed by atoms with Crippen LogP contribution in [0, 0.1) is 0 Å². The highest BCUT2D eigenvalue weighted by Gasteiger charge is 2.38. The van der Waals surface area contributed by atoms with E-state index in [1.807, 2.05) is 17.5 Å². The lowest BCUT2D eigenvalue weighted by Crippen LogP contribution is -2.44. The van der Waals surface area contributed by atoms with Gasteiger partial charge in [0.25, 0.3) is 5.91 Å². The molecule has 1 aromatic heterocycles. The molecule has 1 aromatic carbocycles. The van der Waals surface area contributed by atoms with Gasteiger partial charge in [0.05, 0.1) is 10.5 Å². The number of hydrogen-bond acceptors (Lipinski definition) is 6. The van der Waals surface area contributed by atoms with Gasteiger partial charge in [-0.3, -0.25) is 14.5 Å². The van der Waals surface area contributed by atoms with Crippen LogP contribution in [0.5, 0.6) is 0 Å². The first-order valence-electron chi connectivity index (χ1n) is 7.81. The number of thiophene rings is 1. The van der Waals surface area contributed by atoms with Gasteiger partial charge in [-0.2, -0.15) is 0 Å². The number of carboxylic acid groups (broad SMARTS) is 1. The van der Waals surface area contributed by atoms with Gasteiger partial charge in [-0.25, -0.2) is 4.79 Å². The van der Waals surface area contributed by atoms with Gasteiger partial charge in [0.2, 0.25) is 5.91 Å². The summed E-state index contributed by atoms with van der Waals surface area (Å²) in [4.78, 5) is 39.0. The lowest BCUT2D eigenvalue weighted by molar-refractivity contribution is -0.129. The monoisotopic (exact) mass is 418 g/mol. The summed E-state index contributed by atoms with van der Waals surface area (Å²) >= 11 is 7.94. The molecule has 0 bridgehead atoms. The summed E-state index contributed by atoms with van der Waals surface area (Å²) in [7, 11) is 0. The van der Waals surface area contributed by atoms with E-state index in [1.165, 1.54) is 34.4 Å². The molecule has 2 N–H and O–H groups in total. The molecule has 2 amide bonds. The number of anilines is 1. The third-order valence-corrected chi connectivity index (χ3v) is 5.93. The van der Waals surface area contributed by atoms with Crippen molar-refractivity contribution in [1.29, 1.82) is 0 Å². The number of aromatic carboxylic acids is 1. The van der Waals surface area contributed by atoms with Crippen molar-refractivity contribution in [3.05, 3.63) is 57.1 Å². The molecule has 9 heteroatoms. The van der Waals surface area contributed by atoms with Crippen molar-refractivity contribution in [2.75, 3.05) is 5.32 Å². The standard InChI is InChI=1S/C18H14N2O4S3/c1-10(15(21)19-12-5-2-4-11(8-12)17(23)24)20-16(22)14(27-18(20)25)9-13-6-3-7-26-13/h2-10H,1H3,(H,19,21)(H,23,24)/b14-9+/t10-/m0/s1. The average molecular weight is 419 g/mol. The number of thioether (sulfide) groups is 1. The molecule has 0 radical (unpaired) electrons. The number of carbonyl (C=O) groups excluding carboxylic acids is 2. The van der Waals surface area contributed by atoms with Gasteiger partial charge in [-0.1, -0.05) is 36.1 Å². The van der Waals surface area contributed by atoms with Crippen LogP contribution in [0.25, 0.3) is 6.08 Å². The summed E-state index contributed by atoms with van der Waals surface area (Å²) in [6, 6.07) is 8.85. The first-order chi connectivity index (χ1) is 12.9. The molecule has 27 heavy (non-hydrogen) atoms. The van der Waals surface area contributed by atoms with E-state index in [-0.39, 0.29) is 11.5 Å². The summed E-state index contributed by atoms with van der Waals surface area (Å²) in [5, 5.41) is 13.6. The molecule has 0 spiro atoms. The summed E-state index contributed by atoms with van der Waals surface area (Å²) in [5.41, 5.74) is 0.399. The normalized spacial score (nSPS) is 16.6. The van der Waals surface area contributed by atoms with E-state index in [1.54, 1.807) is 19.1 Å². The van der Waals surface area contributed by atoms with Crippen LogP contribution in [0.4, 0.5) is 5.69 Å². The van der Waals surface area contributed by atoms with Gasteiger partial charge in [-0.15, -0.1) is 11.3 Å². The first kappa shape index (κ1) is 19.3. The highest BCUT2D eigenvalue weighted by atomic mass is 32.2. The van der Waals surface area contributed by atoms with Crippen molar-refractivity contribution in [2.24, 2.45) is 0 Å². The second-order valence-electron chi connectivity index (χ2n) is 5.62. The van der Waals surface area contributed by atoms with Crippen LogP contribution in [0.1, 0.15) is 22.2 Å². The number of carbonyl (C=O) groups is 3. The number of nitrogens with one attached hydrogen (secondary N) is 1. The fourth-order valence-corrected chi connectivity index (χ4v) is 4.55. The van der Waals surface area contributed by atoms with Crippen LogP contribution in [-0.2, 0) is 9.59 Å². The largest absolute Gasteiger partial charge is 0.478 e. The van der Waals surface area contributed by atoms with Gasteiger partial charge < -0.3 is 10.4 Å². The van der Waals surface area contributed by atoms with E-state index in [0.29, 0.717) is 14.9 Å². The summed E-state index contributed by atoms with van der Waals surface area (Å²) in [6.45, 7) is 1.58. The number of carboxylic acids is 1. The van der Waals surface area contributed by atoms with Crippen molar-refractivity contribution in [1.82, 2.24) is 4.90 Å². The molecule has 1 atom stereocenters. The Morgan fingerprint density at radius 3 is 2.74 bits per heavy atom. The van der Waals surface area contributed by atoms with Crippen LogP contribution in [0.3, 0.4) is 0 Å². The Morgan fingerprint density at radius 1 is 1.30 bits per heavy atom. The highest BCUT2D eigenvalue weighted by molar-refractivity contribution is 8.26. The van der Waals surface area contributed by atoms with Crippen molar-refractivity contribution in [3.63, 3.8) is 0 Å². The zero-order chi connectivity index (χ0) is 19.6. The Hall–Kier alpha value is -2.49. The van der Waals surface area contributed by atoms with Crippen molar-refractivity contribution < 1.29 is 19.5 Å². The van der Waals surface area contributed by atoms with E-state index in [2.05, 4.69) is 5.32 Å². The van der Waals surface area contributed by atoms with Gasteiger partial charge in [0.15, 0.2) is 0 Å². The predicted molar refractivity (Wildman–Crippen MR) is 111 cm³/mol. The first-order valence-corrected chi connectivity index (χ1v) is 9.92. The van der Waals surface area contributed by atoms with Gasteiger partial charge in [0.1, 0.15) is 10.4 Å². The molecule has 6 nitrogen and oxygen atoms in total. The van der Waals surface area contributed by atoms with Crippen LogP contribution >= 0.6 is 35.3 Å². The minimum Gasteiger partial charge on any atom is -0.478 e. The van der Waals surface area contributed by atoms with Crippen LogP contribution < -0.4 is 5.32 Å². The van der Waals surface area contributed by atoms with Crippen LogP contribution in [-0.4, -0.2) is 38.2 Å². The lowest BCUT2D eigenvalue weighted by Gasteiger charge is -2.22. The quantitative estimate of drug-likeness (QED) is 0.569. The third-order valence-electron chi connectivity index (χ3n) is 3.78. The molecule has 2 heterocycles. The van der Waals surface area contributed by atoms with Gasteiger partial charge in [-0.05, 0) is 42.6 Å². The average Bonchev–Trinajstić information content (AvgIpc) is 3.23. The molecule has 0 saturated carbocycles. The predicted octanol–water partition coefficient (Wildman–Crippen LogP) is 3.67. The second-order valence-corrected chi connectivity index (χ2v) is 8.27. The Bertz CT molecular complexity index is 953. The Kier molecular flexibility index (Phi) is 5.73. The number of amides is 2. The molecule has 1 aliphatic rings. The number of thiocarbonyl (C=S) groups is 1. The fourth-order valence-electron chi connectivity index (χ4n) is 2.41. The van der Waals surface area contributed by atoms with Crippen LogP contribution in [0.2, 0.25) is 0 Å². The van der Waals surface area contributed by atoms with Crippen molar-refractivity contribution in [2.45, 2.75) is 13.0 Å². The van der Waals surface area contributed by atoms with E-state index in [9.17, 15) is 14.4 Å². The third kappa shape index (κ3) is 4.26. The maximum atomic E-state index is 12.7. The maximum absolute atomic E-state index is 12.7. The molecular formula is C18H14N2O4S3. The molecule has 1 saturated heterocycles. The minimum absolute atomic E-state index is 0.0601. The molecule has 0 aliphatic carbocycles. The van der Waals surface area contributed by atoms with Gasteiger partial charge >= 0.3 is 5.97 Å². The smallest absolute Gasteiger partial charge is 0.335 e. The molecule has 2 aromatic rings. The number of benzene rings is 1. The summed E-state index contributed by atoms with van der Waals surface area (Å²) in [5.74, 6) is -1.86. The summed E-state index contributed by atoms with van der Waals surface area (Å²) < 4.78 is 0.310. The molecular weight excluding hydrogens is 404 g/mol. The van der Waals surface area contributed by atoms with E-state index in [4.69, 9.17) is 17.3 Å². The molecule has 3 rings (SSSR count). The number of nitrogens with zero attached hydrogens (tertiary/aromatic N) is 1. The highest BCUT2D eigenvalue weighted by Crippen LogP contribution is 2.34. The number of hydrogen-bond donors (Lipinski definition) is 2. The Balaban J connectivity index is 1.75. The zero-order valence-corrected chi connectivity index (χ0v) is 16.5. The van der Waals surface area contributed by atoms with Crippen LogP contribution in [0.15, 0.2) is 46.7 Å². The molecule has 0 unspecified atom stereocenters. The number of rotatable bonds is 5. The molecule has 138 valence electrons. The fraction of sp³-hybridized carbons (Fsp3) is 0.111. The topological polar surface area (TPSA) is 86.7 Å². The van der Waals surface area contributed by atoms with E-state index >= 15 is 0 Å². The maximum Gasteiger partial charge on any atom is 0.335 e. The Morgan fingerprint density at radius 2 is 2.07 bits per heavy atom. The van der Waals surface area contributed by atoms with E-state index < -0.39 is 17.9 Å². The van der Waals surface area contributed by atoms with Crippen molar-refractivity contribution >= 4 is 69.2 Å². The molecule has 1 fully saturated rings. The van der Waals surface area contributed by atoms with Crippen molar-refractivity contribution in [3.8, 4) is 0 Å².